The number of thiocarbonyl (C=S) groups is 1. The third-order valence-electron chi connectivity index (χ3n) is 1.09. The van der Waals surface area contributed by atoms with E-state index < -0.39 is 5.91 Å². The maximum atomic E-state index is 10.9. The summed E-state index contributed by atoms with van der Waals surface area (Å²) < 4.78 is 4.74. The standard InChI is InChI=1S/C6H4N2O2S/c1-4-5(10-2-7-4)6(9)8-3-11/h2H,1H3. The van der Waals surface area contributed by atoms with Crippen LogP contribution in [-0.4, -0.2) is 16.1 Å². The van der Waals surface area contributed by atoms with Crippen molar-refractivity contribution < 1.29 is 9.21 Å². The number of hydrogen-bond donors (Lipinski definition) is 0. The van der Waals surface area contributed by atoms with E-state index in [-0.39, 0.29) is 5.76 Å². The highest BCUT2D eigenvalue weighted by Crippen LogP contribution is 2.05. The Morgan fingerprint density at radius 2 is 2.64 bits per heavy atom. The summed E-state index contributed by atoms with van der Waals surface area (Å²) in [5, 5.41) is 1.95. The van der Waals surface area contributed by atoms with Crippen LogP contribution < -0.4 is 0 Å². The normalized spacial score (nSPS) is 8.82. The quantitative estimate of drug-likeness (QED) is 0.467. The summed E-state index contributed by atoms with van der Waals surface area (Å²) in [7, 11) is 0. The molecule has 56 valence electrons. The van der Waals surface area contributed by atoms with E-state index in [9.17, 15) is 4.79 Å². The Bertz CT molecular complexity index is 325. The molecule has 1 rings (SSSR count). The fourth-order valence-corrected chi connectivity index (χ4v) is 0.682. The maximum Gasteiger partial charge on any atom is 0.323 e. The summed E-state index contributed by atoms with van der Waals surface area (Å²) in [6.45, 7) is 1.65. The van der Waals surface area contributed by atoms with E-state index in [4.69, 9.17) is 4.42 Å². The van der Waals surface area contributed by atoms with E-state index in [2.05, 4.69) is 22.2 Å². The second-order valence-corrected chi connectivity index (χ2v) is 1.96. The van der Waals surface area contributed by atoms with Gasteiger partial charge in [0.05, 0.1) is 10.9 Å². The van der Waals surface area contributed by atoms with Gasteiger partial charge in [0, 0.05) is 0 Å². The number of hydrogen-bond acceptors (Lipinski definition) is 4. The Morgan fingerprint density at radius 1 is 1.91 bits per heavy atom. The molecular formula is C6H4N2O2S. The number of aryl methyl sites for hydroxylation is 1. The number of carbonyl (C=O) groups is 1. The lowest BCUT2D eigenvalue weighted by Crippen LogP contribution is -1.93. The highest BCUT2D eigenvalue weighted by Gasteiger charge is 2.11. The number of rotatable bonds is 1. The van der Waals surface area contributed by atoms with Gasteiger partial charge >= 0.3 is 5.91 Å². The third-order valence-corrected chi connectivity index (χ3v) is 1.18. The summed E-state index contributed by atoms with van der Waals surface area (Å²) >= 11 is 4.25. The topological polar surface area (TPSA) is 55.5 Å². The Kier molecular flexibility index (Phi) is 2.25. The summed E-state index contributed by atoms with van der Waals surface area (Å²) in [5.41, 5.74) is 0.504. The molecule has 0 unspecified atom stereocenters. The minimum atomic E-state index is -0.546. The average Bonchev–Trinajstić information content (AvgIpc) is 2.36. The van der Waals surface area contributed by atoms with Crippen LogP contribution in [0.3, 0.4) is 0 Å². The summed E-state index contributed by atoms with van der Waals surface area (Å²) in [4.78, 5) is 17.8. The van der Waals surface area contributed by atoms with Crippen LogP contribution in [-0.2, 0) is 0 Å². The van der Waals surface area contributed by atoms with Crippen molar-refractivity contribution in [3.63, 3.8) is 0 Å². The molecule has 4 nitrogen and oxygen atoms in total. The van der Waals surface area contributed by atoms with E-state index >= 15 is 0 Å². The van der Waals surface area contributed by atoms with Crippen molar-refractivity contribution >= 4 is 23.3 Å². The fraction of sp³-hybridized carbons (Fsp3) is 0.167. The van der Waals surface area contributed by atoms with Crippen molar-refractivity contribution in [3.8, 4) is 0 Å². The minimum absolute atomic E-state index is 0.113. The highest BCUT2D eigenvalue weighted by molar-refractivity contribution is 7.78. The number of carbonyl (C=O) groups excluding carboxylic acids is 1. The molecule has 0 saturated carbocycles. The summed E-state index contributed by atoms with van der Waals surface area (Å²) in [6, 6.07) is 0. The number of amides is 1. The molecule has 0 aliphatic carbocycles. The molecule has 0 radical (unpaired) electrons. The highest BCUT2D eigenvalue weighted by atomic mass is 32.1. The first-order valence-corrected chi connectivity index (χ1v) is 3.19. The van der Waals surface area contributed by atoms with Crippen LogP contribution in [0.25, 0.3) is 0 Å². The number of aliphatic imine (C=N–C) groups is 1. The zero-order valence-corrected chi connectivity index (χ0v) is 6.51. The molecular weight excluding hydrogens is 164 g/mol. The van der Waals surface area contributed by atoms with Crippen molar-refractivity contribution in [2.45, 2.75) is 6.92 Å². The molecule has 1 amide bonds. The molecule has 11 heavy (non-hydrogen) atoms. The lowest BCUT2D eigenvalue weighted by Gasteiger charge is -1.84. The lowest BCUT2D eigenvalue weighted by atomic mass is 10.3. The van der Waals surface area contributed by atoms with Crippen LogP contribution in [0.1, 0.15) is 16.2 Å². The molecule has 1 aromatic rings. The maximum absolute atomic E-state index is 10.9. The van der Waals surface area contributed by atoms with Crippen molar-refractivity contribution in [2.24, 2.45) is 4.99 Å². The van der Waals surface area contributed by atoms with E-state index in [0.717, 1.165) is 0 Å². The molecule has 1 heterocycles. The average molecular weight is 168 g/mol. The zero-order chi connectivity index (χ0) is 8.27. The Morgan fingerprint density at radius 3 is 3.09 bits per heavy atom. The molecule has 0 atom stereocenters. The Labute approximate surface area is 68.0 Å². The summed E-state index contributed by atoms with van der Waals surface area (Å²) in [5.74, 6) is -0.433. The van der Waals surface area contributed by atoms with Gasteiger partial charge in [0.15, 0.2) is 6.39 Å². The molecule has 0 saturated heterocycles. The van der Waals surface area contributed by atoms with E-state index in [1.807, 2.05) is 5.16 Å². The smallest absolute Gasteiger partial charge is 0.323 e. The minimum Gasteiger partial charge on any atom is -0.438 e. The van der Waals surface area contributed by atoms with Crippen molar-refractivity contribution in [1.29, 1.82) is 0 Å². The SMILES string of the molecule is Cc1ncoc1C(=O)N=C=S. The molecule has 1 aromatic heterocycles. The van der Waals surface area contributed by atoms with Crippen LogP contribution in [0.5, 0.6) is 0 Å². The van der Waals surface area contributed by atoms with Gasteiger partial charge in [0.25, 0.3) is 0 Å². The Hall–Kier alpha value is -1.32. The van der Waals surface area contributed by atoms with Gasteiger partial charge in [0.1, 0.15) is 0 Å². The predicted octanol–water partition coefficient (Wildman–Crippen LogP) is 1.23. The lowest BCUT2D eigenvalue weighted by molar-refractivity contribution is 0.0976. The second kappa shape index (κ2) is 3.18. The van der Waals surface area contributed by atoms with Gasteiger partial charge in [-0.2, -0.15) is 0 Å². The van der Waals surface area contributed by atoms with E-state index in [0.29, 0.717) is 5.69 Å². The van der Waals surface area contributed by atoms with Gasteiger partial charge < -0.3 is 4.42 Å². The summed E-state index contributed by atoms with van der Waals surface area (Å²) in [6.07, 6.45) is 1.18. The number of isothiocyanates is 1. The molecule has 0 aliphatic heterocycles. The van der Waals surface area contributed by atoms with Crippen LogP contribution >= 0.6 is 12.2 Å². The molecule has 0 fully saturated rings. The monoisotopic (exact) mass is 168 g/mol. The first-order chi connectivity index (χ1) is 5.25. The fourth-order valence-electron chi connectivity index (χ4n) is 0.599. The largest absolute Gasteiger partial charge is 0.438 e. The zero-order valence-electron chi connectivity index (χ0n) is 5.70. The van der Waals surface area contributed by atoms with E-state index in [1.54, 1.807) is 6.92 Å². The first-order valence-electron chi connectivity index (χ1n) is 2.78. The molecule has 0 aromatic carbocycles. The van der Waals surface area contributed by atoms with Crippen molar-refractivity contribution in [3.05, 3.63) is 17.8 Å². The number of nitrogens with zero attached hydrogens (tertiary/aromatic N) is 2. The molecule has 0 N–H and O–H groups in total. The van der Waals surface area contributed by atoms with Gasteiger partial charge in [-0.05, 0) is 19.1 Å². The number of aromatic nitrogens is 1. The first kappa shape index (κ1) is 7.78. The van der Waals surface area contributed by atoms with Gasteiger partial charge in [-0.25, -0.2) is 4.98 Å². The van der Waals surface area contributed by atoms with Crippen molar-refractivity contribution in [1.82, 2.24) is 4.98 Å². The van der Waals surface area contributed by atoms with Crippen LogP contribution in [0.15, 0.2) is 15.8 Å². The molecule has 0 bridgehead atoms. The molecule has 5 heteroatoms. The van der Waals surface area contributed by atoms with Gasteiger partial charge in [-0.3, -0.25) is 4.79 Å². The number of oxazole rings is 1. The van der Waals surface area contributed by atoms with Gasteiger partial charge in [0.2, 0.25) is 5.76 Å². The van der Waals surface area contributed by atoms with Crippen LogP contribution in [0.2, 0.25) is 0 Å². The van der Waals surface area contributed by atoms with E-state index in [1.165, 1.54) is 6.39 Å². The molecule has 0 aliphatic rings. The third kappa shape index (κ3) is 1.58. The predicted molar refractivity (Wildman–Crippen MR) is 40.6 cm³/mol. The Balaban J connectivity index is 3.02. The van der Waals surface area contributed by atoms with Crippen LogP contribution in [0.4, 0.5) is 0 Å². The van der Waals surface area contributed by atoms with Gasteiger partial charge in [-0.1, -0.05) is 0 Å². The van der Waals surface area contributed by atoms with Crippen LogP contribution in [0, 0.1) is 6.92 Å². The van der Waals surface area contributed by atoms with Gasteiger partial charge in [-0.15, -0.1) is 4.99 Å². The molecule has 0 spiro atoms. The van der Waals surface area contributed by atoms with Crippen molar-refractivity contribution in [2.75, 3.05) is 0 Å². The second-order valence-electron chi connectivity index (χ2n) is 1.78.